The van der Waals surface area contributed by atoms with Crippen molar-refractivity contribution in [3.63, 3.8) is 0 Å². The number of ether oxygens (including phenoxy) is 2. The third-order valence-electron chi connectivity index (χ3n) is 8.16. The molecule has 5 fully saturated rings. The van der Waals surface area contributed by atoms with Crippen LogP contribution in [0.5, 0.6) is 0 Å². The summed E-state index contributed by atoms with van der Waals surface area (Å²) in [6, 6.07) is 0. The lowest BCUT2D eigenvalue weighted by Crippen LogP contribution is -2.49. The summed E-state index contributed by atoms with van der Waals surface area (Å²) in [5.74, 6) is 0. The van der Waals surface area contributed by atoms with E-state index < -0.39 is 0 Å². The summed E-state index contributed by atoms with van der Waals surface area (Å²) in [5.41, 5.74) is 0.235. The van der Waals surface area contributed by atoms with Crippen molar-refractivity contribution in [2.45, 2.75) is 63.3 Å². The molecule has 5 aliphatic heterocycles. The minimum absolute atomic E-state index is 0.0220. The number of hydrogen-bond acceptors (Lipinski definition) is 9. The van der Waals surface area contributed by atoms with Crippen LogP contribution >= 0.6 is 0 Å². The van der Waals surface area contributed by atoms with Gasteiger partial charge < -0.3 is 44.4 Å². The largest absolute Gasteiger partial charge is 0.394 e. The van der Waals surface area contributed by atoms with Gasteiger partial charge in [-0.25, -0.2) is 0 Å². The number of aliphatic hydroxyl groups is 3. The van der Waals surface area contributed by atoms with Crippen molar-refractivity contribution in [3.05, 3.63) is 0 Å². The van der Waals surface area contributed by atoms with Crippen LogP contribution in [-0.4, -0.2) is 160 Å². The molecule has 1 spiro atoms. The van der Waals surface area contributed by atoms with Crippen LogP contribution in [-0.2, 0) is 9.47 Å². The van der Waals surface area contributed by atoms with Crippen molar-refractivity contribution in [2.75, 3.05) is 107 Å². The van der Waals surface area contributed by atoms with Crippen molar-refractivity contribution >= 4 is 0 Å². The van der Waals surface area contributed by atoms with Gasteiger partial charge in [0.1, 0.15) is 0 Å². The molecule has 0 aromatic carbocycles. The molecule has 214 valence electrons. The Morgan fingerprint density at radius 1 is 0.750 bits per heavy atom. The highest BCUT2D eigenvalue weighted by atomic mass is 16.5. The van der Waals surface area contributed by atoms with Gasteiger partial charge in [0.2, 0.25) is 0 Å². The number of morpholine rings is 1. The third kappa shape index (κ3) is 12.5. The number of aliphatic hydroxyl groups excluding tert-OH is 2. The molecule has 0 aromatic heterocycles. The van der Waals surface area contributed by atoms with Crippen molar-refractivity contribution in [1.29, 1.82) is 0 Å². The number of likely N-dealkylation sites (tertiary alicyclic amines) is 3. The second-order valence-electron chi connectivity index (χ2n) is 12.1. The Morgan fingerprint density at radius 3 is 1.61 bits per heavy atom. The van der Waals surface area contributed by atoms with Crippen LogP contribution in [0.2, 0.25) is 0 Å². The summed E-state index contributed by atoms with van der Waals surface area (Å²) >= 11 is 0. The first-order chi connectivity index (χ1) is 17.0. The van der Waals surface area contributed by atoms with Crippen LogP contribution in [0.15, 0.2) is 0 Å². The normalized spacial score (nSPS) is 29.5. The van der Waals surface area contributed by atoms with Gasteiger partial charge in [0.15, 0.2) is 0 Å². The Bertz CT molecular complexity index is 555. The summed E-state index contributed by atoms with van der Waals surface area (Å²) < 4.78 is 10.4. The second-order valence-corrected chi connectivity index (χ2v) is 12.1. The molecule has 5 heterocycles. The third-order valence-corrected chi connectivity index (χ3v) is 8.16. The Kier molecular flexibility index (Phi) is 14.1. The zero-order valence-corrected chi connectivity index (χ0v) is 23.8. The van der Waals surface area contributed by atoms with Gasteiger partial charge in [0.05, 0.1) is 44.2 Å². The number of rotatable bonds is 1. The van der Waals surface area contributed by atoms with Crippen molar-refractivity contribution in [1.82, 2.24) is 19.6 Å². The van der Waals surface area contributed by atoms with E-state index in [0.717, 1.165) is 84.8 Å². The Balaban J connectivity index is 0.000000170. The molecule has 0 radical (unpaired) electrons. The minimum Gasteiger partial charge on any atom is -0.394 e. The van der Waals surface area contributed by atoms with Gasteiger partial charge >= 0.3 is 0 Å². The molecule has 1 atom stereocenters. The lowest BCUT2D eigenvalue weighted by molar-refractivity contribution is -0.137. The van der Waals surface area contributed by atoms with E-state index in [-0.39, 0.29) is 24.4 Å². The van der Waals surface area contributed by atoms with Gasteiger partial charge in [-0.05, 0) is 86.7 Å². The van der Waals surface area contributed by atoms with Crippen LogP contribution in [0.1, 0.15) is 45.4 Å². The van der Waals surface area contributed by atoms with Crippen molar-refractivity contribution < 1.29 is 24.8 Å². The Labute approximate surface area is 220 Å². The number of hydrogen-bond donors (Lipinski definition) is 3. The molecule has 1 unspecified atom stereocenters. The molecular formula is C27H56N4O5. The Hall–Kier alpha value is -0.360. The lowest BCUT2D eigenvalue weighted by Gasteiger charge is -2.46. The van der Waals surface area contributed by atoms with Gasteiger partial charge in [-0.15, -0.1) is 0 Å². The average molecular weight is 517 g/mol. The molecule has 9 heteroatoms. The lowest BCUT2D eigenvalue weighted by atomic mass is 9.77. The highest BCUT2D eigenvalue weighted by molar-refractivity contribution is 4.89. The zero-order chi connectivity index (χ0) is 26.6. The van der Waals surface area contributed by atoms with Crippen LogP contribution < -0.4 is 0 Å². The van der Waals surface area contributed by atoms with E-state index in [4.69, 9.17) is 19.7 Å². The molecule has 0 aromatic rings. The first kappa shape index (κ1) is 31.9. The minimum atomic E-state index is -0.382. The van der Waals surface area contributed by atoms with Gasteiger partial charge in [0.25, 0.3) is 0 Å². The van der Waals surface area contributed by atoms with Crippen LogP contribution in [0, 0.1) is 5.41 Å². The van der Waals surface area contributed by atoms with E-state index in [1.807, 2.05) is 14.0 Å². The molecule has 5 rings (SSSR count). The second kappa shape index (κ2) is 15.9. The predicted octanol–water partition coefficient (Wildman–Crippen LogP) is 0.574. The SMILES string of the molecule is CN1CCC(C)(O)CC1.CN1CCC(O)CC1.CN1CCC2(CC1)COC2.CN1CCOC(CO)C1. The van der Waals surface area contributed by atoms with Crippen molar-refractivity contribution in [2.24, 2.45) is 5.41 Å². The molecular weight excluding hydrogens is 460 g/mol. The summed E-state index contributed by atoms with van der Waals surface area (Å²) in [4.78, 5) is 9.05. The summed E-state index contributed by atoms with van der Waals surface area (Å²) in [5, 5.41) is 27.1. The monoisotopic (exact) mass is 516 g/mol. The topological polar surface area (TPSA) is 92.1 Å². The van der Waals surface area contributed by atoms with Crippen LogP contribution in [0.25, 0.3) is 0 Å². The molecule has 0 saturated carbocycles. The maximum atomic E-state index is 9.47. The van der Waals surface area contributed by atoms with E-state index in [9.17, 15) is 5.11 Å². The van der Waals surface area contributed by atoms with E-state index in [1.165, 1.54) is 25.9 Å². The molecule has 5 aliphatic rings. The van der Waals surface area contributed by atoms with E-state index in [0.29, 0.717) is 5.41 Å². The molecule has 0 amide bonds. The first-order valence-electron chi connectivity index (χ1n) is 14.0. The maximum Gasteiger partial charge on any atom is 0.0932 e. The van der Waals surface area contributed by atoms with Crippen LogP contribution in [0.3, 0.4) is 0 Å². The fourth-order valence-electron chi connectivity index (χ4n) is 4.84. The quantitative estimate of drug-likeness (QED) is 0.463. The summed E-state index contributed by atoms with van der Waals surface area (Å²) in [7, 11) is 8.42. The number of piperidine rings is 3. The van der Waals surface area contributed by atoms with Gasteiger partial charge in [-0.2, -0.15) is 0 Å². The highest BCUT2D eigenvalue weighted by Gasteiger charge is 2.40. The van der Waals surface area contributed by atoms with Gasteiger partial charge in [0, 0.05) is 44.7 Å². The van der Waals surface area contributed by atoms with Crippen molar-refractivity contribution in [3.8, 4) is 0 Å². The molecule has 0 bridgehead atoms. The predicted molar refractivity (Wildman–Crippen MR) is 144 cm³/mol. The summed E-state index contributed by atoms with van der Waals surface area (Å²) in [6.45, 7) is 13.4. The zero-order valence-electron chi connectivity index (χ0n) is 23.8. The summed E-state index contributed by atoms with van der Waals surface area (Å²) in [6.07, 6.45) is 6.47. The number of likely N-dealkylation sites (N-methyl/N-ethyl adjacent to an activating group) is 1. The maximum absolute atomic E-state index is 9.47. The highest BCUT2D eigenvalue weighted by Crippen LogP contribution is 2.37. The van der Waals surface area contributed by atoms with E-state index >= 15 is 0 Å². The van der Waals surface area contributed by atoms with Crippen LogP contribution in [0.4, 0.5) is 0 Å². The molecule has 5 saturated heterocycles. The smallest absolute Gasteiger partial charge is 0.0932 e. The Morgan fingerprint density at radius 2 is 1.25 bits per heavy atom. The average Bonchev–Trinajstić information content (AvgIpc) is 2.84. The fourth-order valence-corrected chi connectivity index (χ4v) is 4.84. The standard InChI is InChI=1S/C8H15NO.C7H15NO.C6H13NO2.C6H13NO/c1-9-4-2-8(3-5-9)6-10-7-8;1-7(9)3-5-8(2)6-4-7;1-7-2-3-9-6(4-7)5-8;1-7-4-2-6(8)3-5-7/h2-7H2,1H3;9H,3-6H2,1-2H3;6,8H,2-5H2,1H3;6,8H,2-5H2,1H3. The van der Waals surface area contributed by atoms with E-state index in [1.54, 1.807) is 0 Å². The van der Waals surface area contributed by atoms with E-state index in [2.05, 4.69) is 40.7 Å². The molecule has 3 N–H and O–H groups in total. The number of nitrogens with zero attached hydrogens (tertiary/aromatic N) is 4. The molecule has 36 heavy (non-hydrogen) atoms. The van der Waals surface area contributed by atoms with Gasteiger partial charge in [-0.1, -0.05) is 0 Å². The molecule has 9 nitrogen and oxygen atoms in total. The molecule has 0 aliphatic carbocycles. The fraction of sp³-hybridized carbons (Fsp3) is 1.00. The van der Waals surface area contributed by atoms with Gasteiger partial charge in [-0.3, -0.25) is 0 Å². The first-order valence-corrected chi connectivity index (χ1v) is 14.0.